The summed E-state index contributed by atoms with van der Waals surface area (Å²) in [5, 5.41) is 8.06. The van der Waals surface area contributed by atoms with Crippen LogP contribution in [-0.2, 0) is 0 Å². The number of rotatable bonds is 2. The maximum atomic E-state index is 12.7. The highest BCUT2D eigenvalue weighted by Gasteiger charge is 2.09. The minimum atomic E-state index is -0.876. The van der Waals surface area contributed by atoms with Crippen LogP contribution >= 0.6 is 23.2 Å². The van der Waals surface area contributed by atoms with Gasteiger partial charge in [0, 0.05) is 0 Å². The molecule has 1 aromatic rings. The minimum absolute atomic E-state index is 0.0710. The van der Waals surface area contributed by atoms with Gasteiger partial charge in [0.1, 0.15) is 11.1 Å². The summed E-state index contributed by atoms with van der Waals surface area (Å²) >= 11 is 11.0. The molecule has 0 aliphatic heterocycles. The Balaban J connectivity index is 2.96. The van der Waals surface area contributed by atoms with Crippen molar-refractivity contribution in [2.45, 2.75) is 0 Å². The van der Waals surface area contributed by atoms with Gasteiger partial charge in [0.2, 0.25) is 11.8 Å². The van der Waals surface area contributed by atoms with Gasteiger partial charge in [-0.3, -0.25) is 0 Å². The number of halogens is 3. The maximum Gasteiger partial charge on any atom is 0.236 e. The monoisotopic (exact) mass is 220 g/mol. The molecule has 0 bridgehead atoms. The highest BCUT2D eigenvalue weighted by atomic mass is 35.5. The molecule has 68 valence electrons. The van der Waals surface area contributed by atoms with Crippen molar-refractivity contribution in [1.82, 2.24) is 4.98 Å². The van der Waals surface area contributed by atoms with Crippen molar-refractivity contribution >= 4 is 23.2 Å². The third-order valence-corrected chi connectivity index (χ3v) is 1.66. The van der Waals surface area contributed by atoms with Crippen LogP contribution in [0.2, 0.25) is 10.0 Å². The van der Waals surface area contributed by atoms with Gasteiger partial charge in [0.05, 0.1) is 5.02 Å². The number of ether oxygens (including phenoxy) is 1. The summed E-state index contributed by atoms with van der Waals surface area (Å²) in [6, 6.07) is 2.87. The van der Waals surface area contributed by atoms with Gasteiger partial charge in [0.25, 0.3) is 0 Å². The lowest BCUT2D eigenvalue weighted by molar-refractivity contribution is 0.346. The fraction of sp³-hybridized carbons (Fsp3) is 0.143. The average Bonchev–Trinajstić information content (AvgIpc) is 2.09. The zero-order valence-electron chi connectivity index (χ0n) is 6.22. The van der Waals surface area contributed by atoms with Crippen molar-refractivity contribution in [2.24, 2.45) is 0 Å². The van der Waals surface area contributed by atoms with E-state index in [4.69, 9.17) is 33.2 Å². The Bertz CT molecular complexity index is 364. The summed E-state index contributed by atoms with van der Waals surface area (Å²) in [4.78, 5) is 3.31. The number of hydrogen-bond acceptors (Lipinski definition) is 3. The first-order valence-electron chi connectivity index (χ1n) is 3.16. The van der Waals surface area contributed by atoms with Crippen molar-refractivity contribution in [3.63, 3.8) is 0 Å². The molecule has 0 saturated heterocycles. The van der Waals surface area contributed by atoms with E-state index >= 15 is 0 Å². The molecule has 0 aliphatic carbocycles. The van der Waals surface area contributed by atoms with Crippen LogP contribution in [0.1, 0.15) is 0 Å². The summed E-state index contributed by atoms with van der Waals surface area (Å²) in [7, 11) is 0. The quantitative estimate of drug-likeness (QED) is 0.720. The highest BCUT2D eigenvalue weighted by Crippen LogP contribution is 2.26. The van der Waals surface area contributed by atoms with Crippen molar-refractivity contribution < 1.29 is 9.13 Å². The molecule has 0 fully saturated rings. The molecular formula is C7H3Cl2FN2O. The Labute approximate surface area is 83.7 Å². The molecule has 0 saturated carbocycles. The Hall–Kier alpha value is -1.05. The van der Waals surface area contributed by atoms with Gasteiger partial charge in [0.15, 0.2) is 6.61 Å². The van der Waals surface area contributed by atoms with Crippen molar-refractivity contribution in [2.75, 3.05) is 6.61 Å². The van der Waals surface area contributed by atoms with Gasteiger partial charge in [-0.1, -0.05) is 23.2 Å². The molecular weight excluding hydrogens is 218 g/mol. The smallest absolute Gasteiger partial charge is 0.236 e. The lowest BCUT2D eigenvalue weighted by atomic mass is 10.5. The lowest BCUT2D eigenvalue weighted by Crippen LogP contribution is -1.98. The second kappa shape index (κ2) is 4.26. The Morgan fingerprint density at radius 2 is 2.23 bits per heavy atom. The second-order valence-electron chi connectivity index (χ2n) is 1.99. The van der Waals surface area contributed by atoms with Crippen molar-refractivity contribution in [3.05, 3.63) is 22.1 Å². The maximum absolute atomic E-state index is 12.7. The van der Waals surface area contributed by atoms with Crippen LogP contribution < -0.4 is 4.74 Å². The van der Waals surface area contributed by atoms with E-state index in [1.165, 1.54) is 0 Å². The molecule has 0 spiro atoms. The fourth-order valence-corrected chi connectivity index (χ4v) is 1.04. The zero-order valence-corrected chi connectivity index (χ0v) is 7.73. The highest BCUT2D eigenvalue weighted by molar-refractivity contribution is 6.35. The van der Waals surface area contributed by atoms with Crippen LogP contribution in [0.15, 0.2) is 6.07 Å². The topological polar surface area (TPSA) is 45.9 Å². The van der Waals surface area contributed by atoms with Crippen LogP contribution in [0.3, 0.4) is 0 Å². The minimum Gasteiger partial charge on any atom is -0.461 e. The number of aromatic nitrogens is 1. The Kier molecular flexibility index (Phi) is 3.29. The fourth-order valence-electron chi connectivity index (χ4n) is 0.630. The van der Waals surface area contributed by atoms with Crippen molar-refractivity contribution in [1.29, 1.82) is 5.26 Å². The molecule has 0 N–H and O–H groups in total. The number of hydrogen-bond donors (Lipinski definition) is 0. The van der Waals surface area contributed by atoms with Crippen LogP contribution in [-0.4, -0.2) is 11.6 Å². The predicted molar refractivity (Wildman–Crippen MR) is 45.3 cm³/mol. The first kappa shape index (κ1) is 10.0. The van der Waals surface area contributed by atoms with E-state index in [1.807, 2.05) is 0 Å². The second-order valence-corrected chi connectivity index (χ2v) is 2.81. The molecule has 0 radical (unpaired) electrons. The first-order chi connectivity index (χ1) is 6.15. The van der Waals surface area contributed by atoms with E-state index in [9.17, 15) is 4.39 Å². The van der Waals surface area contributed by atoms with Crippen LogP contribution in [0.5, 0.6) is 5.88 Å². The normalized spacial score (nSPS) is 9.38. The molecule has 0 atom stereocenters. The van der Waals surface area contributed by atoms with E-state index in [-0.39, 0.29) is 22.5 Å². The van der Waals surface area contributed by atoms with Gasteiger partial charge in [-0.2, -0.15) is 14.6 Å². The standard InChI is InChI=1S/C7H3Cl2FN2O/c8-4-3-5(9)7(12-6(4)10)13-2-1-11/h3H,2H2. The van der Waals surface area contributed by atoms with Crippen molar-refractivity contribution in [3.8, 4) is 11.9 Å². The summed E-state index contributed by atoms with van der Waals surface area (Å²) in [5.41, 5.74) is 0. The largest absolute Gasteiger partial charge is 0.461 e. The molecule has 1 rings (SSSR count). The van der Waals surface area contributed by atoms with Gasteiger partial charge in [-0.15, -0.1) is 0 Å². The van der Waals surface area contributed by atoms with E-state index in [0.29, 0.717) is 0 Å². The van der Waals surface area contributed by atoms with Gasteiger partial charge in [-0.25, -0.2) is 0 Å². The molecule has 3 nitrogen and oxygen atoms in total. The van der Waals surface area contributed by atoms with E-state index < -0.39 is 5.95 Å². The number of nitriles is 1. The molecule has 0 aliphatic rings. The first-order valence-corrected chi connectivity index (χ1v) is 3.92. The average molecular weight is 221 g/mol. The van der Waals surface area contributed by atoms with E-state index in [2.05, 4.69) is 4.98 Å². The van der Waals surface area contributed by atoms with E-state index in [1.54, 1.807) is 6.07 Å². The zero-order chi connectivity index (χ0) is 9.84. The van der Waals surface area contributed by atoms with Gasteiger partial charge < -0.3 is 4.74 Å². The third-order valence-electron chi connectivity index (χ3n) is 1.13. The van der Waals surface area contributed by atoms with Crippen LogP contribution in [0, 0.1) is 17.3 Å². The van der Waals surface area contributed by atoms with Gasteiger partial charge in [-0.05, 0) is 6.07 Å². The molecule has 6 heteroatoms. The third kappa shape index (κ3) is 2.44. The van der Waals surface area contributed by atoms with E-state index in [0.717, 1.165) is 6.07 Å². The lowest BCUT2D eigenvalue weighted by Gasteiger charge is -2.03. The predicted octanol–water partition coefficient (Wildman–Crippen LogP) is 2.43. The molecule has 0 amide bonds. The Morgan fingerprint density at radius 1 is 1.54 bits per heavy atom. The summed E-state index contributed by atoms with van der Waals surface area (Å²) in [6.45, 7) is -0.242. The molecule has 0 unspecified atom stereocenters. The number of nitrogens with zero attached hydrogens (tertiary/aromatic N) is 2. The SMILES string of the molecule is N#CCOc1nc(F)c(Cl)cc1Cl. The van der Waals surface area contributed by atoms with Crippen LogP contribution in [0.4, 0.5) is 4.39 Å². The van der Waals surface area contributed by atoms with Gasteiger partial charge >= 0.3 is 0 Å². The number of pyridine rings is 1. The Morgan fingerprint density at radius 3 is 2.85 bits per heavy atom. The summed E-state index contributed by atoms with van der Waals surface area (Å²) in [6.07, 6.45) is 0. The molecule has 0 aromatic carbocycles. The summed E-state index contributed by atoms with van der Waals surface area (Å²) < 4.78 is 17.4. The molecule has 1 aromatic heterocycles. The molecule has 13 heavy (non-hydrogen) atoms. The molecule has 1 heterocycles. The van der Waals surface area contributed by atoms with Crippen LogP contribution in [0.25, 0.3) is 0 Å². The summed E-state index contributed by atoms with van der Waals surface area (Å²) in [5.74, 6) is -1.01.